The molecule has 0 heterocycles. The summed E-state index contributed by atoms with van der Waals surface area (Å²) in [5, 5.41) is 4.43. The summed E-state index contributed by atoms with van der Waals surface area (Å²) in [6, 6.07) is 21.2. The Balaban J connectivity index is 1.86. The van der Waals surface area contributed by atoms with Crippen molar-refractivity contribution in [2.75, 3.05) is 23.3 Å². The van der Waals surface area contributed by atoms with E-state index in [-0.39, 0.29) is 0 Å². The second-order valence-corrected chi connectivity index (χ2v) is 7.10. The molecule has 0 amide bonds. The summed E-state index contributed by atoms with van der Waals surface area (Å²) in [7, 11) is 0. The molecule has 0 saturated carbocycles. The molecule has 0 radical (unpaired) electrons. The van der Waals surface area contributed by atoms with Gasteiger partial charge in [0.05, 0.1) is 0 Å². The average molecular weight is 363 g/mol. The summed E-state index contributed by atoms with van der Waals surface area (Å²) in [6.45, 7) is 6.38. The topological polar surface area (TPSA) is 15.3 Å². The number of nitrogens with zero attached hydrogens (tertiary/aromatic N) is 1. The Morgan fingerprint density at radius 1 is 0.923 bits per heavy atom. The van der Waals surface area contributed by atoms with Crippen molar-refractivity contribution in [2.45, 2.75) is 20.3 Å². The number of halogens is 1. The molecular formula is C23H23ClN2. The van der Waals surface area contributed by atoms with Crippen LogP contribution in [0.5, 0.6) is 0 Å². The smallest absolute Gasteiger partial charge is 0.0447 e. The van der Waals surface area contributed by atoms with Crippen LogP contribution >= 0.6 is 11.6 Å². The van der Waals surface area contributed by atoms with Crippen molar-refractivity contribution in [3.05, 3.63) is 76.8 Å². The second-order valence-electron chi connectivity index (χ2n) is 6.66. The highest BCUT2D eigenvalue weighted by atomic mass is 35.5. The highest BCUT2D eigenvalue weighted by molar-refractivity contribution is 6.31. The molecular weight excluding hydrogens is 340 g/mol. The van der Waals surface area contributed by atoms with Crippen molar-refractivity contribution < 1.29 is 0 Å². The molecule has 3 heteroatoms. The van der Waals surface area contributed by atoms with Gasteiger partial charge in [-0.05, 0) is 72.5 Å². The zero-order valence-corrected chi connectivity index (χ0v) is 16.0. The van der Waals surface area contributed by atoms with Gasteiger partial charge < -0.3 is 10.2 Å². The van der Waals surface area contributed by atoms with Gasteiger partial charge in [-0.3, -0.25) is 0 Å². The molecule has 132 valence electrons. The number of nitrogens with one attached hydrogen (secondary N) is 1. The Bertz CT molecular complexity index is 930. The maximum absolute atomic E-state index is 6.29. The summed E-state index contributed by atoms with van der Waals surface area (Å²) >= 11 is 6.29. The maximum Gasteiger partial charge on any atom is 0.0447 e. The molecule has 3 aromatic rings. The summed E-state index contributed by atoms with van der Waals surface area (Å²) < 4.78 is 0. The molecule has 0 aliphatic heterocycles. The van der Waals surface area contributed by atoms with Crippen molar-refractivity contribution in [1.29, 1.82) is 0 Å². The number of fused-ring (bicyclic) bond motifs is 3. The normalized spacial score (nSPS) is 11.8. The number of hydrogen-bond donors (Lipinski definition) is 1. The largest absolute Gasteiger partial charge is 0.372 e. The van der Waals surface area contributed by atoms with Crippen LogP contribution in [0, 0.1) is 0 Å². The number of para-hydroxylation sites is 1. The van der Waals surface area contributed by atoms with Gasteiger partial charge in [0, 0.05) is 41.6 Å². The van der Waals surface area contributed by atoms with E-state index in [2.05, 4.69) is 72.6 Å². The van der Waals surface area contributed by atoms with Crippen molar-refractivity contribution in [2.24, 2.45) is 0 Å². The SMILES string of the molecule is CCN(CC)c1cc(Nc2ccccc2)c2c(c1)-c1cc(Cl)ccc1C2. The molecule has 1 N–H and O–H groups in total. The Kier molecular flexibility index (Phi) is 4.60. The minimum absolute atomic E-state index is 0.794. The van der Waals surface area contributed by atoms with Gasteiger partial charge in [-0.2, -0.15) is 0 Å². The molecule has 0 aromatic heterocycles. The predicted octanol–water partition coefficient (Wildman–Crippen LogP) is 6.50. The molecule has 0 bridgehead atoms. The van der Waals surface area contributed by atoms with E-state index in [1.54, 1.807) is 0 Å². The van der Waals surface area contributed by atoms with E-state index in [1.807, 2.05) is 12.1 Å². The maximum atomic E-state index is 6.29. The van der Waals surface area contributed by atoms with Crippen LogP contribution in [-0.4, -0.2) is 13.1 Å². The number of hydrogen-bond acceptors (Lipinski definition) is 2. The molecule has 0 fully saturated rings. The first-order valence-electron chi connectivity index (χ1n) is 9.22. The molecule has 3 aromatic carbocycles. The number of rotatable bonds is 5. The van der Waals surface area contributed by atoms with Gasteiger partial charge in [-0.25, -0.2) is 0 Å². The third-order valence-corrected chi connectivity index (χ3v) is 5.38. The van der Waals surface area contributed by atoms with E-state index >= 15 is 0 Å². The Hall–Kier alpha value is -2.45. The first-order valence-corrected chi connectivity index (χ1v) is 9.60. The summed E-state index contributed by atoms with van der Waals surface area (Å²) in [5.41, 5.74) is 8.80. The standard InChI is InChI=1S/C23H23ClN2/c1-3-26(4-2)19-14-21-20-13-17(24)11-10-16(20)12-22(21)23(15-19)25-18-8-6-5-7-9-18/h5-11,13-15,25H,3-4,12H2,1-2H3. The van der Waals surface area contributed by atoms with E-state index in [1.165, 1.54) is 33.6 Å². The van der Waals surface area contributed by atoms with Crippen LogP contribution in [0.1, 0.15) is 25.0 Å². The van der Waals surface area contributed by atoms with Crippen molar-refractivity contribution in [1.82, 2.24) is 0 Å². The summed E-state index contributed by atoms with van der Waals surface area (Å²) in [6.07, 6.45) is 0.940. The van der Waals surface area contributed by atoms with E-state index < -0.39 is 0 Å². The fourth-order valence-electron chi connectivity index (χ4n) is 3.79. The van der Waals surface area contributed by atoms with Crippen LogP contribution in [0.15, 0.2) is 60.7 Å². The van der Waals surface area contributed by atoms with E-state index in [0.29, 0.717) is 0 Å². The zero-order chi connectivity index (χ0) is 18.1. The minimum atomic E-state index is 0.794. The quantitative estimate of drug-likeness (QED) is 0.435. The molecule has 4 rings (SSSR count). The Morgan fingerprint density at radius 2 is 1.69 bits per heavy atom. The summed E-state index contributed by atoms with van der Waals surface area (Å²) in [5.74, 6) is 0. The van der Waals surface area contributed by atoms with Gasteiger partial charge >= 0.3 is 0 Å². The number of benzene rings is 3. The van der Waals surface area contributed by atoms with Crippen LogP contribution in [0.4, 0.5) is 17.1 Å². The first-order chi connectivity index (χ1) is 12.7. The lowest BCUT2D eigenvalue weighted by molar-refractivity contribution is 0.866. The molecule has 0 atom stereocenters. The van der Waals surface area contributed by atoms with Crippen LogP contribution in [0.3, 0.4) is 0 Å². The van der Waals surface area contributed by atoms with Crippen molar-refractivity contribution in [3.63, 3.8) is 0 Å². The fourth-order valence-corrected chi connectivity index (χ4v) is 3.96. The van der Waals surface area contributed by atoms with Crippen LogP contribution < -0.4 is 10.2 Å². The van der Waals surface area contributed by atoms with Crippen LogP contribution in [-0.2, 0) is 6.42 Å². The zero-order valence-electron chi connectivity index (χ0n) is 15.2. The third kappa shape index (κ3) is 3.06. The van der Waals surface area contributed by atoms with E-state index in [0.717, 1.165) is 30.2 Å². The molecule has 1 aliphatic rings. The second kappa shape index (κ2) is 7.05. The monoisotopic (exact) mass is 362 g/mol. The van der Waals surface area contributed by atoms with Crippen molar-refractivity contribution in [3.8, 4) is 11.1 Å². The first kappa shape index (κ1) is 17.0. The molecule has 26 heavy (non-hydrogen) atoms. The van der Waals surface area contributed by atoms with Gasteiger partial charge in [0.15, 0.2) is 0 Å². The fraction of sp³-hybridized carbons (Fsp3) is 0.217. The Morgan fingerprint density at radius 3 is 2.42 bits per heavy atom. The van der Waals surface area contributed by atoms with Gasteiger partial charge in [-0.1, -0.05) is 35.9 Å². The van der Waals surface area contributed by atoms with Crippen LogP contribution in [0.25, 0.3) is 11.1 Å². The van der Waals surface area contributed by atoms with Gasteiger partial charge in [0.1, 0.15) is 0 Å². The minimum Gasteiger partial charge on any atom is -0.372 e. The predicted molar refractivity (Wildman–Crippen MR) is 113 cm³/mol. The molecule has 0 saturated heterocycles. The molecule has 1 aliphatic carbocycles. The van der Waals surface area contributed by atoms with Gasteiger partial charge in [-0.15, -0.1) is 0 Å². The van der Waals surface area contributed by atoms with E-state index in [4.69, 9.17) is 11.6 Å². The van der Waals surface area contributed by atoms with Gasteiger partial charge in [0.25, 0.3) is 0 Å². The third-order valence-electron chi connectivity index (χ3n) is 5.15. The summed E-state index contributed by atoms with van der Waals surface area (Å²) in [4.78, 5) is 2.39. The average Bonchev–Trinajstić information content (AvgIpc) is 3.02. The highest BCUT2D eigenvalue weighted by Gasteiger charge is 2.23. The molecule has 2 nitrogen and oxygen atoms in total. The van der Waals surface area contributed by atoms with Crippen LogP contribution in [0.2, 0.25) is 5.02 Å². The lowest BCUT2D eigenvalue weighted by atomic mass is 10.0. The lowest BCUT2D eigenvalue weighted by Gasteiger charge is -2.24. The van der Waals surface area contributed by atoms with Gasteiger partial charge in [0.2, 0.25) is 0 Å². The van der Waals surface area contributed by atoms with E-state index in [9.17, 15) is 0 Å². The number of anilines is 3. The molecule has 0 spiro atoms. The highest BCUT2D eigenvalue weighted by Crippen LogP contribution is 2.44. The Labute approximate surface area is 160 Å². The molecule has 0 unspecified atom stereocenters. The van der Waals surface area contributed by atoms with Crippen molar-refractivity contribution >= 4 is 28.7 Å². The lowest BCUT2D eigenvalue weighted by Crippen LogP contribution is -2.22.